The number of hydrogen-bond acceptors (Lipinski definition) is 5. The summed E-state index contributed by atoms with van der Waals surface area (Å²) >= 11 is 6.13. The molecule has 0 radical (unpaired) electrons. The lowest BCUT2D eigenvalue weighted by molar-refractivity contribution is 0.416. The van der Waals surface area contributed by atoms with Crippen LogP contribution in [0.1, 0.15) is 5.56 Å². The molecule has 0 aliphatic carbocycles. The van der Waals surface area contributed by atoms with Gasteiger partial charge in [-0.1, -0.05) is 11.6 Å². The number of hydrazine groups is 1. The van der Waals surface area contributed by atoms with Gasteiger partial charge in [0.25, 0.3) is 0 Å². The second kappa shape index (κ2) is 5.20. The van der Waals surface area contributed by atoms with Crippen molar-refractivity contribution in [1.82, 2.24) is 9.97 Å². The highest BCUT2D eigenvalue weighted by atomic mass is 35.5. The molecule has 6 heteroatoms. The fraction of sp³-hybridized carbons (Fsp3) is 0.167. The first kappa shape index (κ1) is 12.6. The molecule has 0 aliphatic rings. The van der Waals surface area contributed by atoms with Crippen molar-refractivity contribution in [3.8, 4) is 17.0 Å². The first-order valence-electron chi connectivity index (χ1n) is 5.30. The van der Waals surface area contributed by atoms with Crippen LogP contribution in [0.5, 0.6) is 5.75 Å². The third-order valence-corrected chi connectivity index (χ3v) is 2.95. The van der Waals surface area contributed by atoms with Gasteiger partial charge in [0.1, 0.15) is 5.75 Å². The Morgan fingerprint density at radius 2 is 2.17 bits per heavy atom. The highest BCUT2D eigenvalue weighted by molar-refractivity contribution is 6.31. The number of nitrogens with two attached hydrogens (primary N) is 1. The molecule has 3 N–H and O–H groups in total. The second-order valence-corrected chi connectivity index (χ2v) is 4.12. The number of nitrogens with one attached hydrogen (secondary N) is 1. The predicted molar refractivity (Wildman–Crippen MR) is 71.6 cm³/mol. The predicted octanol–water partition coefficient (Wildman–Crippen LogP) is 2.40. The van der Waals surface area contributed by atoms with Gasteiger partial charge in [0.05, 0.1) is 12.8 Å². The number of methoxy groups -OCH3 is 1. The van der Waals surface area contributed by atoms with Crippen molar-refractivity contribution in [1.29, 1.82) is 0 Å². The zero-order chi connectivity index (χ0) is 13.1. The molecule has 0 fully saturated rings. The van der Waals surface area contributed by atoms with Gasteiger partial charge >= 0.3 is 0 Å². The maximum absolute atomic E-state index is 6.13. The molecule has 5 nitrogen and oxygen atoms in total. The summed E-state index contributed by atoms with van der Waals surface area (Å²) in [5, 5.41) is 0.659. The maximum Gasteiger partial charge on any atom is 0.237 e. The van der Waals surface area contributed by atoms with Gasteiger partial charge in [0, 0.05) is 16.8 Å². The molecule has 0 spiro atoms. The van der Waals surface area contributed by atoms with Crippen LogP contribution in [-0.2, 0) is 0 Å². The molecule has 2 aromatic rings. The summed E-state index contributed by atoms with van der Waals surface area (Å²) < 4.78 is 5.34. The molecule has 0 saturated carbocycles. The van der Waals surface area contributed by atoms with E-state index in [1.165, 1.54) is 0 Å². The van der Waals surface area contributed by atoms with E-state index in [2.05, 4.69) is 15.4 Å². The number of aryl methyl sites for hydroxylation is 1. The van der Waals surface area contributed by atoms with Crippen LogP contribution < -0.4 is 16.0 Å². The monoisotopic (exact) mass is 264 g/mol. The molecule has 0 bridgehead atoms. The Kier molecular flexibility index (Phi) is 3.64. The Hall–Kier alpha value is -1.85. The third kappa shape index (κ3) is 2.37. The lowest BCUT2D eigenvalue weighted by Gasteiger charge is -2.11. The van der Waals surface area contributed by atoms with E-state index in [-0.39, 0.29) is 0 Å². The summed E-state index contributed by atoms with van der Waals surface area (Å²) in [6, 6.07) is 5.46. The normalized spacial score (nSPS) is 10.2. The maximum atomic E-state index is 6.13. The first-order valence-corrected chi connectivity index (χ1v) is 5.67. The van der Waals surface area contributed by atoms with E-state index >= 15 is 0 Å². The zero-order valence-electron chi connectivity index (χ0n) is 10.1. The van der Waals surface area contributed by atoms with Crippen LogP contribution in [0.4, 0.5) is 5.95 Å². The fourth-order valence-corrected chi connectivity index (χ4v) is 1.77. The molecule has 0 unspecified atom stereocenters. The SMILES string of the molecule is COc1cc(C)c(Cl)cc1-c1ccnc(NN)n1. The number of aromatic nitrogens is 2. The van der Waals surface area contributed by atoms with Crippen molar-refractivity contribution < 1.29 is 4.74 Å². The summed E-state index contributed by atoms with van der Waals surface area (Å²) in [6.45, 7) is 1.92. The van der Waals surface area contributed by atoms with Crippen LogP contribution in [-0.4, -0.2) is 17.1 Å². The Morgan fingerprint density at radius 1 is 1.39 bits per heavy atom. The number of anilines is 1. The van der Waals surface area contributed by atoms with Crippen molar-refractivity contribution in [3.63, 3.8) is 0 Å². The molecule has 18 heavy (non-hydrogen) atoms. The minimum Gasteiger partial charge on any atom is -0.496 e. The van der Waals surface area contributed by atoms with Crippen LogP contribution in [0.15, 0.2) is 24.4 Å². The minimum atomic E-state index is 0.339. The summed E-state index contributed by atoms with van der Waals surface area (Å²) in [5.74, 6) is 6.34. The number of nitrogen functional groups attached to an aromatic ring is 1. The lowest BCUT2D eigenvalue weighted by atomic mass is 10.1. The van der Waals surface area contributed by atoms with Gasteiger partial charge in [-0.2, -0.15) is 0 Å². The molecule has 0 saturated heterocycles. The molecule has 1 aromatic heterocycles. The van der Waals surface area contributed by atoms with Crippen LogP contribution in [0, 0.1) is 6.92 Å². The van der Waals surface area contributed by atoms with Gasteiger partial charge in [-0.25, -0.2) is 15.8 Å². The first-order chi connectivity index (χ1) is 8.65. The van der Waals surface area contributed by atoms with Crippen molar-refractivity contribution in [2.45, 2.75) is 6.92 Å². The molecule has 0 atom stereocenters. The van der Waals surface area contributed by atoms with E-state index in [1.807, 2.05) is 19.1 Å². The summed E-state index contributed by atoms with van der Waals surface area (Å²) in [6.07, 6.45) is 1.62. The Balaban J connectivity index is 2.58. The standard InChI is InChI=1S/C12H13ClN4O/c1-7-5-11(18-2)8(6-9(7)13)10-3-4-15-12(16-10)17-14/h3-6H,14H2,1-2H3,(H,15,16,17). The van der Waals surface area contributed by atoms with Gasteiger partial charge < -0.3 is 4.74 Å². The van der Waals surface area contributed by atoms with Gasteiger partial charge in [-0.05, 0) is 30.7 Å². The van der Waals surface area contributed by atoms with E-state index in [0.29, 0.717) is 22.4 Å². The van der Waals surface area contributed by atoms with Gasteiger partial charge in [0.15, 0.2) is 0 Å². The molecule has 94 valence electrons. The second-order valence-electron chi connectivity index (χ2n) is 3.71. The molecule has 2 rings (SSSR count). The number of hydrogen-bond donors (Lipinski definition) is 2. The number of rotatable bonds is 3. The lowest BCUT2D eigenvalue weighted by Crippen LogP contribution is -2.10. The van der Waals surface area contributed by atoms with E-state index in [9.17, 15) is 0 Å². The number of benzene rings is 1. The van der Waals surface area contributed by atoms with Crippen molar-refractivity contribution in [2.75, 3.05) is 12.5 Å². The van der Waals surface area contributed by atoms with Crippen LogP contribution in [0.2, 0.25) is 5.02 Å². The number of nitrogens with zero attached hydrogens (tertiary/aromatic N) is 2. The quantitative estimate of drug-likeness (QED) is 0.658. The average molecular weight is 265 g/mol. The highest BCUT2D eigenvalue weighted by Crippen LogP contribution is 2.33. The fourth-order valence-electron chi connectivity index (χ4n) is 1.60. The van der Waals surface area contributed by atoms with E-state index in [0.717, 1.165) is 11.1 Å². The van der Waals surface area contributed by atoms with Crippen molar-refractivity contribution in [3.05, 3.63) is 35.0 Å². The van der Waals surface area contributed by atoms with E-state index < -0.39 is 0 Å². The smallest absolute Gasteiger partial charge is 0.237 e. The Labute approximate surface area is 110 Å². The van der Waals surface area contributed by atoms with E-state index in [1.54, 1.807) is 19.4 Å². The summed E-state index contributed by atoms with van der Waals surface area (Å²) in [4.78, 5) is 8.21. The average Bonchev–Trinajstić information content (AvgIpc) is 2.41. The Bertz CT molecular complexity index is 574. The minimum absolute atomic E-state index is 0.339. The summed E-state index contributed by atoms with van der Waals surface area (Å²) in [5.41, 5.74) is 4.84. The third-order valence-electron chi connectivity index (χ3n) is 2.54. The number of halogens is 1. The molecular weight excluding hydrogens is 252 g/mol. The molecule has 0 aliphatic heterocycles. The Morgan fingerprint density at radius 3 is 2.83 bits per heavy atom. The molecule has 1 aromatic carbocycles. The van der Waals surface area contributed by atoms with Crippen LogP contribution in [0.25, 0.3) is 11.3 Å². The van der Waals surface area contributed by atoms with Crippen molar-refractivity contribution in [2.24, 2.45) is 5.84 Å². The molecule has 1 heterocycles. The largest absolute Gasteiger partial charge is 0.496 e. The van der Waals surface area contributed by atoms with Gasteiger partial charge in [-0.15, -0.1) is 0 Å². The van der Waals surface area contributed by atoms with Gasteiger partial charge in [-0.3, -0.25) is 5.43 Å². The van der Waals surface area contributed by atoms with E-state index in [4.69, 9.17) is 22.2 Å². The molecular formula is C12H13ClN4O. The molecule has 0 amide bonds. The van der Waals surface area contributed by atoms with Crippen LogP contribution in [0.3, 0.4) is 0 Å². The van der Waals surface area contributed by atoms with Gasteiger partial charge in [0.2, 0.25) is 5.95 Å². The zero-order valence-corrected chi connectivity index (χ0v) is 10.8. The van der Waals surface area contributed by atoms with Crippen LogP contribution >= 0.6 is 11.6 Å². The highest BCUT2D eigenvalue weighted by Gasteiger charge is 2.11. The number of ether oxygens (including phenoxy) is 1. The summed E-state index contributed by atoms with van der Waals surface area (Å²) in [7, 11) is 1.61. The van der Waals surface area contributed by atoms with Crippen molar-refractivity contribution >= 4 is 17.5 Å². The topological polar surface area (TPSA) is 73.1 Å².